The van der Waals surface area contributed by atoms with Crippen molar-refractivity contribution in [2.24, 2.45) is 0 Å². The van der Waals surface area contributed by atoms with Gasteiger partial charge in [0.2, 0.25) is 0 Å². The minimum absolute atomic E-state index is 0.132. The molecule has 0 aliphatic carbocycles. The summed E-state index contributed by atoms with van der Waals surface area (Å²) in [7, 11) is 0. The zero-order chi connectivity index (χ0) is 7.11. The maximum Gasteiger partial charge on any atom is 0.325 e. The third-order valence-electron chi connectivity index (χ3n) is 0.494. The monoisotopic (exact) mass is 168 g/mol. The SMILES string of the molecule is O=C(CCl)O/C=C/CCl. The van der Waals surface area contributed by atoms with Crippen LogP contribution in [-0.4, -0.2) is 17.7 Å². The van der Waals surface area contributed by atoms with Crippen molar-refractivity contribution in [3.05, 3.63) is 12.3 Å². The van der Waals surface area contributed by atoms with E-state index in [9.17, 15) is 4.79 Å². The zero-order valence-corrected chi connectivity index (χ0v) is 6.15. The Hall–Kier alpha value is -0.210. The number of hydrogen-bond acceptors (Lipinski definition) is 2. The van der Waals surface area contributed by atoms with Crippen molar-refractivity contribution in [2.45, 2.75) is 0 Å². The van der Waals surface area contributed by atoms with Crippen molar-refractivity contribution in [1.82, 2.24) is 0 Å². The summed E-state index contributed by atoms with van der Waals surface area (Å²) in [5.41, 5.74) is 0. The van der Waals surface area contributed by atoms with Crippen LogP contribution in [0.25, 0.3) is 0 Å². The van der Waals surface area contributed by atoms with E-state index in [0.29, 0.717) is 5.88 Å². The van der Waals surface area contributed by atoms with Gasteiger partial charge in [0, 0.05) is 5.88 Å². The fourth-order valence-corrected chi connectivity index (χ4v) is 0.328. The normalized spacial score (nSPS) is 10.0. The number of allylic oxidation sites excluding steroid dienone is 1. The van der Waals surface area contributed by atoms with E-state index >= 15 is 0 Å². The van der Waals surface area contributed by atoms with Crippen molar-refractivity contribution >= 4 is 29.2 Å². The van der Waals surface area contributed by atoms with Crippen LogP contribution in [0.5, 0.6) is 0 Å². The summed E-state index contributed by atoms with van der Waals surface area (Å²) in [4.78, 5) is 10.2. The second-order valence-electron chi connectivity index (χ2n) is 1.15. The van der Waals surface area contributed by atoms with Gasteiger partial charge in [0.1, 0.15) is 5.88 Å². The number of rotatable bonds is 3. The Morgan fingerprint density at radius 3 is 2.67 bits per heavy atom. The molecule has 0 aliphatic rings. The van der Waals surface area contributed by atoms with E-state index < -0.39 is 5.97 Å². The van der Waals surface area contributed by atoms with Gasteiger partial charge in [-0.1, -0.05) is 0 Å². The largest absolute Gasteiger partial charge is 0.434 e. The summed E-state index contributed by atoms with van der Waals surface area (Å²) in [6.07, 6.45) is 2.73. The van der Waals surface area contributed by atoms with Gasteiger partial charge in [-0.05, 0) is 6.08 Å². The maximum atomic E-state index is 10.2. The van der Waals surface area contributed by atoms with Crippen LogP contribution in [0.4, 0.5) is 0 Å². The lowest BCUT2D eigenvalue weighted by Gasteiger charge is -1.89. The van der Waals surface area contributed by atoms with Crippen LogP contribution in [0, 0.1) is 0 Å². The fraction of sp³-hybridized carbons (Fsp3) is 0.400. The van der Waals surface area contributed by atoms with E-state index in [1.165, 1.54) is 12.3 Å². The molecule has 52 valence electrons. The molecular formula is C5H6Cl2O2. The lowest BCUT2D eigenvalue weighted by molar-refractivity contribution is -0.135. The van der Waals surface area contributed by atoms with Crippen LogP contribution >= 0.6 is 23.2 Å². The number of ether oxygens (including phenoxy) is 1. The molecule has 0 atom stereocenters. The third-order valence-corrected chi connectivity index (χ3v) is 0.890. The molecule has 0 unspecified atom stereocenters. The summed E-state index contributed by atoms with van der Waals surface area (Å²) in [5.74, 6) is -0.277. The van der Waals surface area contributed by atoms with Crippen LogP contribution in [0.3, 0.4) is 0 Å². The minimum Gasteiger partial charge on any atom is -0.434 e. The molecule has 2 nitrogen and oxygen atoms in total. The van der Waals surface area contributed by atoms with E-state index in [1.807, 2.05) is 0 Å². The molecule has 0 N–H and O–H groups in total. The van der Waals surface area contributed by atoms with Gasteiger partial charge in [0.25, 0.3) is 0 Å². The van der Waals surface area contributed by atoms with E-state index in [4.69, 9.17) is 23.2 Å². The lowest BCUT2D eigenvalue weighted by atomic mass is 10.7. The summed E-state index contributed by atoms with van der Waals surface area (Å²) in [6.45, 7) is 0. The first-order valence-electron chi connectivity index (χ1n) is 2.27. The van der Waals surface area contributed by atoms with Crippen molar-refractivity contribution in [3.8, 4) is 0 Å². The molecule has 0 aliphatic heterocycles. The topological polar surface area (TPSA) is 26.3 Å². The Morgan fingerprint density at radius 1 is 1.56 bits per heavy atom. The molecule has 0 spiro atoms. The molecule has 0 bridgehead atoms. The number of alkyl halides is 2. The molecule has 0 rings (SSSR count). The van der Waals surface area contributed by atoms with Crippen molar-refractivity contribution in [2.75, 3.05) is 11.8 Å². The maximum absolute atomic E-state index is 10.2. The minimum atomic E-state index is -0.474. The summed E-state index contributed by atoms with van der Waals surface area (Å²) < 4.78 is 4.40. The molecule has 0 aromatic rings. The van der Waals surface area contributed by atoms with Crippen LogP contribution in [-0.2, 0) is 9.53 Å². The second kappa shape index (κ2) is 5.92. The van der Waals surface area contributed by atoms with Crippen LogP contribution in [0.2, 0.25) is 0 Å². The first-order chi connectivity index (χ1) is 4.31. The van der Waals surface area contributed by atoms with Gasteiger partial charge < -0.3 is 4.74 Å². The standard InChI is InChI=1S/C5H6Cl2O2/c6-2-1-3-9-5(8)4-7/h1,3H,2,4H2/b3-1+. The Balaban J connectivity index is 3.26. The number of carbonyl (C=O) groups excluding carboxylic acids is 1. The molecule has 0 amide bonds. The van der Waals surface area contributed by atoms with Gasteiger partial charge in [-0.3, -0.25) is 4.79 Å². The molecule has 0 heterocycles. The molecular weight excluding hydrogens is 163 g/mol. The molecule has 0 radical (unpaired) electrons. The van der Waals surface area contributed by atoms with Gasteiger partial charge in [-0.25, -0.2) is 0 Å². The van der Waals surface area contributed by atoms with Crippen LogP contribution in [0.15, 0.2) is 12.3 Å². The van der Waals surface area contributed by atoms with Gasteiger partial charge in [0.15, 0.2) is 0 Å². The number of esters is 1. The van der Waals surface area contributed by atoms with E-state index in [0.717, 1.165) is 0 Å². The average molecular weight is 169 g/mol. The van der Waals surface area contributed by atoms with E-state index in [2.05, 4.69) is 4.74 Å². The molecule has 0 aromatic heterocycles. The molecule has 0 fully saturated rings. The average Bonchev–Trinajstić information content (AvgIpc) is 1.89. The highest BCUT2D eigenvalue weighted by molar-refractivity contribution is 6.26. The highest BCUT2D eigenvalue weighted by atomic mass is 35.5. The van der Waals surface area contributed by atoms with E-state index in [-0.39, 0.29) is 5.88 Å². The predicted molar refractivity (Wildman–Crippen MR) is 36.7 cm³/mol. The quantitative estimate of drug-likeness (QED) is 0.363. The molecule has 0 saturated heterocycles. The smallest absolute Gasteiger partial charge is 0.325 e. The molecule has 9 heavy (non-hydrogen) atoms. The van der Waals surface area contributed by atoms with Gasteiger partial charge in [-0.2, -0.15) is 0 Å². The zero-order valence-electron chi connectivity index (χ0n) is 4.64. The second-order valence-corrected chi connectivity index (χ2v) is 1.73. The molecule has 4 heteroatoms. The van der Waals surface area contributed by atoms with Crippen LogP contribution < -0.4 is 0 Å². The summed E-state index contributed by atoms with van der Waals surface area (Å²) in [6, 6.07) is 0. The molecule has 0 aromatic carbocycles. The van der Waals surface area contributed by atoms with Crippen molar-refractivity contribution in [1.29, 1.82) is 0 Å². The van der Waals surface area contributed by atoms with Crippen molar-refractivity contribution < 1.29 is 9.53 Å². The lowest BCUT2D eigenvalue weighted by Crippen LogP contribution is -1.99. The molecule has 0 saturated carbocycles. The van der Waals surface area contributed by atoms with E-state index in [1.54, 1.807) is 0 Å². The first kappa shape index (κ1) is 8.79. The number of halogens is 2. The highest BCUT2D eigenvalue weighted by Crippen LogP contribution is 1.85. The Kier molecular flexibility index (Phi) is 5.78. The van der Waals surface area contributed by atoms with Gasteiger partial charge in [-0.15, -0.1) is 23.2 Å². The van der Waals surface area contributed by atoms with Gasteiger partial charge in [0.05, 0.1) is 6.26 Å². The summed E-state index contributed by atoms with van der Waals surface area (Å²) >= 11 is 10.3. The Morgan fingerprint density at radius 2 is 2.22 bits per heavy atom. The first-order valence-corrected chi connectivity index (χ1v) is 3.34. The summed E-state index contributed by atoms with van der Waals surface area (Å²) in [5, 5.41) is 0. The fourth-order valence-electron chi connectivity index (χ4n) is 0.192. The number of carbonyl (C=O) groups is 1. The third kappa shape index (κ3) is 5.66. The van der Waals surface area contributed by atoms with Crippen LogP contribution in [0.1, 0.15) is 0 Å². The predicted octanol–water partition coefficient (Wildman–Crippen LogP) is 1.52. The number of hydrogen-bond donors (Lipinski definition) is 0. The highest BCUT2D eigenvalue weighted by Gasteiger charge is 1.93. The van der Waals surface area contributed by atoms with Gasteiger partial charge >= 0.3 is 5.97 Å². The Bertz CT molecular complexity index is 112. The Labute approximate surface area is 63.4 Å². The van der Waals surface area contributed by atoms with Crippen molar-refractivity contribution in [3.63, 3.8) is 0 Å².